The van der Waals surface area contributed by atoms with Crippen molar-refractivity contribution in [2.75, 3.05) is 7.11 Å². The van der Waals surface area contributed by atoms with Crippen molar-refractivity contribution < 1.29 is 14.4 Å². The first-order valence-corrected chi connectivity index (χ1v) is 6.57. The minimum absolute atomic E-state index is 0.0918. The Morgan fingerprint density at radius 1 is 1.15 bits per heavy atom. The molecule has 2 aromatic rings. The number of hydrogen-bond donors (Lipinski definition) is 0. The maximum atomic E-state index is 10.8. The van der Waals surface area contributed by atoms with Crippen molar-refractivity contribution in [3.05, 3.63) is 56.5 Å². The minimum atomic E-state index is -0.493. The van der Waals surface area contributed by atoms with Gasteiger partial charge in [0, 0.05) is 16.6 Å². The Balaban J connectivity index is 2.34. The molecule has 2 rings (SSSR count). The van der Waals surface area contributed by atoms with Gasteiger partial charge < -0.3 is 9.47 Å². The van der Waals surface area contributed by atoms with Crippen molar-refractivity contribution in [1.29, 1.82) is 0 Å². The van der Waals surface area contributed by atoms with E-state index in [1.807, 2.05) is 25.1 Å². The summed E-state index contributed by atoms with van der Waals surface area (Å²) in [6.07, 6.45) is 0. The summed E-state index contributed by atoms with van der Waals surface area (Å²) in [5.41, 5.74) is 0.872. The zero-order valence-corrected chi connectivity index (χ0v) is 12.5. The van der Waals surface area contributed by atoms with Gasteiger partial charge in [-0.15, -0.1) is 0 Å². The Bertz CT molecular complexity index is 658. The first-order valence-electron chi connectivity index (χ1n) is 5.77. The molecule has 0 N–H and O–H groups in total. The Morgan fingerprint density at radius 3 is 2.55 bits per heavy atom. The molecule has 0 saturated carbocycles. The number of halogens is 1. The highest BCUT2D eigenvalue weighted by atomic mass is 79.9. The van der Waals surface area contributed by atoms with Gasteiger partial charge in [-0.05, 0) is 30.7 Å². The van der Waals surface area contributed by atoms with E-state index in [4.69, 9.17) is 9.47 Å². The number of nitro benzene ring substituents is 1. The van der Waals surface area contributed by atoms with Gasteiger partial charge in [0.15, 0.2) is 0 Å². The lowest BCUT2D eigenvalue weighted by Gasteiger charge is -2.10. The number of methoxy groups -OCH3 is 1. The molecule has 0 bridgehead atoms. The highest BCUT2D eigenvalue weighted by Gasteiger charge is 2.15. The van der Waals surface area contributed by atoms with Crippen molar-refractivity contribution in [3.63, 3.8) is 0 Å². The SMILES string of the molecule is COc1cc(Oc2cc(Br)ccc2C)ccc1[N+](=O)[O-]. The van der Waals surface area contributed by atoms with Gasteiger partial charge in [0.25, 0.3) is 0 Å². The Morgan fingerprint density at radius 2 is 1.90 bits per heavy atom. The van der Waals surface area contributed by atoms with Crippen LogP contribution in [0.2, 0.25) is 0 Å². The third-order valence-electron chi connectivity index (χ3n) is 2.73. The Labute approximate surface area is 124 Å². The van der Waals surface area contributed by atoms with Gasteiger partial charge in [-0.1, -0.05) is 22.0 Å². The number of ether oxygens (including phenoxy) is 2. The summed E-state index contributed by atoms with van der Waals surface area (Å²) in [4.78, 5) is 10.3. The first kappa shape index (κ1) is 14.3. The van der Waals surface area contributed by atoms with Gasteiger partial charge in [-0.25, -0.2) is 0 Å². The molecule has 0 radical (unpaired) electrons. The molecule has 0 aliphatic heterocycles. The number of hydrogen-bond acceptors (Lipinski definition) is 4. The zero-order valence-electron chi connectivity index (χ0n) is 10.9. The second-order valence-electron chi connectivity index (χ2n) is 4.10. The molecule has 0 spiro atoms. The molecule has 5 nitrogen and oxygen atoms in total. The molecule has 0 aliphatic rings. The third-order valence-corrected chi connectivity index (χ3v) is 3.22. The standard InChI is InChI=1S/C14H12BrNO4/c1-9-3-4-10(15)7-13(9)20-11-5-6-12(16(17)18)14(8-11)19-2/h3-8H,1-2H3. The molecule has 0 fully saturated rings. The highest BCUT2D eigenvalue weighted by Crippen LogP contribution is 2.34. The topological polar surface area (TPSA) is 61.6 Å². The average Bonchev–Trinajstić information content (AvgIpc) is 2.42. The van der Waals surface area contributed by atoms with E-state index in [-0.39, 0.29) is 11.4 Å². The van der Waals surface area contributed by atoms with E-state index in [9.17, 15) is 10.1 Å². The van der Waals surface area contributed by atoms with Crippen LogP contribution in [0.15, 0.2) is 40.9 Å². The second kappa shape index (κ2) is 5.92. The molecule has 2 aromatic carbocycles. The van der Waals surface area contributed by atoms with Crippen LogP contribution in [0.4, 0.5) is 5.69 Å². The van der Waals surface area contributed by atoms with Gasteiger partial charge in [0.2, 0.25) is 5.75 Å². The van der Waals surface area contributed by atoms with Crippen LogP contribution in [0, 0.1) is 17.0 Å². The summed E-state index contributed by atoms with van der Waals surface area (Å²) in [7, 11) is 1.39. The van der Waals surface area contributed by atoms with Crippen molar-refractivity contribution in [1.82, 2.24) is 0 Å². The second-order valence-corrected chi connectivity index (χ2v) is 5.02. The fourth-order valence-corrected chi connectivity index (χ4v) is 2.02. The lowest BCUT2D eigenvalue weighted by Crippen LogP contribution is -1.95. The maximum Gasteiger partial charge on any atom is 0.311 e. The summed E-state index contributed by atoms with van der Waals surface area (Å²) < 4.78 is 11.6. The Hall–Kier alpha value is -2.08. The summed E-state index contributed by atoms with van der Waals surface area (Å²) >= 11 is 3.37. The molecule has 0 unspecified atom stereocenters. The van der Waals surface area contributed by atoms with E-state index in [1.54, 1.807) is 6.07 Å². The van der Waals surface area contributed by atoms with E-state index in [0.717, 1.165) is 10.0 Å². The van der Waals surface area contributed by atoms with Crippen LogP contribution in [0.3, 0.4) is 0 Å². The molecule has 0 saturated heterocycles. The van der Waals surface area contributed by atoms with Gasteiger partial charge in [0.05, 0.1) is 12.0 Å². The van der Waals surface area contributed by atoms with E-state index in [2.05, 4.69) is 15.9 Å². The molecule has 0 amide bonds. The van der Waals surface area contributed by atoms with Crippen molar-refractivity contribution in [3.8, 4) is 17.2 Å². The van der Waals surface area contributed by atoms with Crippen molar-refractivity contribution >= 4 is 21.6 Å². The molecule has 6 heteroatoms. The van der Waals surface area contributed by atoms with Gasteiger partial charge in [0.1, 0.15) is 11.5 Å². The number of aryl methyl sites for hydroxylation is 1. The van der Waals surface area contributed by atoms with Gasteiger partial charge in [-0.3, -0.25) is 10.1 Å². The number of benzene rings is 2. The van der Waals surface area contributed by atoms with Crippen molar-refractivity contribution in [2.45, 2.75) is 6.92 Å². The van der Waals surface area contributed by atoms with E-state index >= 15 is 0 Å². The molecule has 20 heavy (non-hydrogen) atoms. The van der Waals surface area contributed by atoms with E-state index in [0.29, 0.717) is 11.5 Å². The lowest BCUT2D eigenvalue weighted by atomic mass is 10.2. The van der Waals surface area contributed by atoms with Crippen LogP contribution in [-0.2, 0) is 0 Å². The molecule has 0 aromatic heterocycles. The summed E-state index contributed by atoms with van der Waals surface area (Å²) in [5, 5.41) is 10.8. The lowest BCUT2D eigenvalue weighted by molar-refractivity contribution is -0.385. The quantitative estimate of drug-likeness (QED) is 0.610. The molecular weight excluding hydrogens is 326 g/mol. The summed E-state index contributed by atoms with van der Waals surface area (Å²) in [5.74, 6) is 1.32. The maximum absolute atomic E-state index is 10.8. The molecular formula is C14H12BrNO4. The van der Waals surface area contributed by atoms with Crippen LogP contribution < -0.4 is 9.47 Å². The number of rotatable bonds is 4. The molecule has 104 valence electrons. The predicted octanol–water partition coefficient (Wildman–Crippen LogP) is 4.47. The van der Waals surface area contributed by atoms with Crippen LogP contribution >= 0.6 is 15.9 Å². The van der Waals surface area contributed by atoms with Gasteiger partial charge >= 0.3 is 5.69 Å². The first-order chi connectivity index (χ1) is 9.51. The summed E-state index contributed by atoms with van der Waals surface area (Å²) in [6.45, 7) is 1.92. The van der Waals surface area contributed by atoms with Crippen LogP contribution in [-0.4, -0.2) is 12.0 Å². The van der Waals surface area contributed by atoms with Crippen LogP contribution in [0.5, 0.6) is 17.2 Å². The largest absolute Gasteiger partial charge is 0.490 e. The highest BCUT2D eigenvalue weighted by molar-refractivity contribution is 9.10. The van der Waals surface area contributed by atoms with Gasteiger partial charge in [-0.2, -0.15) is 0 Å². The van der Waals surface area contributed by atoms with E-state index in [1.165, 1.54) is 19.2 Å². The molecule has 0 aliphatic carbocycles. The smallest absolute Gasteiger partial charge is 0.311 e. The number of nitro groups is 1. The normalized spacial score (nSPS) is 10.2. The fourth-order valence-electron chi connectivity index (χ4n) is 1.68. The molecule has 0 heterocycles. The third kappa shape index (κ3) is 3.08. The monoisotopic (exact) mass is 337 g/mol. The summed E-state index contributed by atoms with van der Waals surface area (Å²) in [6, 6.07) is 10.1. The van der Waals surface area contributed by atoms with Crippen LogP contribution in [0.25, 0.3) is 0 Å². The predicted molar refractivity (Wildman–Crippen MR) is 78.6 cm³/mol. The minimum Gasteiger partial charge on any atom is -0.490 e. The van der Waals surface area contributed by atoms with E-state index < -0.39 is 4.92 Å². The van der Waals surface area contributed by atoms with Crippen LogP contribution in [0.1, 0.15) is 5.56 Å². The zero-order chi connectivity index (χ0) is 14.7. The molecule has 0 atom stereocenters. The fraction of sp³-hybridized carbons (Fsp3) is 0.143. The number of nitrogens with zero attached hydrogens (tertiary/aromatic N) is 1. The Kier molecular flexibility index (Phi) is 4.24. The average molecular weight is 338 g/mol. The van der Waals surface area contributed by atoms with Crippen molar-refractivity contribution in [2.24, 2.45) is 0 Å².